The molecule has 0 aliphatic carbocycles. The second kappa shape index (κ2) is 7.05. The zero-order chi connectivity index (χ0) is 19.1. The number of aromatic nitrogens is 4. The maximum Gasteiger partial charge on any atom is 0.281 e. The molecule has 1 fully saturated rings. The molecule has 1 aliphatic rings. The molecule has 0 aromatic carbocycles. The van der Waals surface area contributed by atoms with Crippen LogP contribution in [-0.4, -0.2) is 64.0 Å². The summed E-state index contributed by atoms with van der Waals surface area (Å²) in [5.41, 5.74) is 4.61. The Kier molecular flexibility index (Phi) is 5.14. The number of rotatable bonds is 4. The van der Waals surface area contributed by atoms with E-state index in [0.717, 1.165) is 41.2 Å². The minimum Gasteiger partial charge on any atom is -0.272 e. The van der Waals surface area contributed by atoms with Crippen molar-refractivity contribution in [2.45, 2.75) is 32.6 Å². The third-order valence-corrected chi connectivity index (χ3v) is 6.93. The highest BCUT2D eigenvalue weighted by atomic mass is 32.2. The van der Waals surface area contributed by atoms with E-state index in [4.69, 9.17) is 0 Å². The molecule has 1 atom stereocenters. The van der Waals surface area contributed by atoms with Gasteiger partial charge in [0.15, 0.2) is 0 Å². The molecule has 3 heterocycles. The summed E-state index contributed by atoms with van der Waals surface area (Å²) in [5.74, 6) is 0.0658. The van der Waals surface area contributed by atoms with Crippen LogP contribution in [0.4, 0.5) is 0 Å². The van der Waals surface area contributed by atoms with Gasteiger partial charge in [-0.05, 0) is 26.7 Å². The van der Waals surface area contributed by atoms with Gasteiger partial charge in [-0.15, -0.1) is 0 Å². The van der Waals surface area contributed by atoms with Crippen molar-refractivity contribution < 1.29 is 8.42 Å². The molecule has 0 amide bonds. The normalized spacial score (nSPS) is 19.2. The first kappa shape index (κ1) is 18.9. The van der Waals surface area contributed by atoms with E-state index in [2.05, 4.69) is 15.1 Å². The van der Waals surface area contributed by atoms with Gasteiger partial charge >= 0.3 is 0 Å². The number of nitrogens with zero attached hydrogens (tertiary/aromatic N) is 6. The summed E-state index contributed by atoms with van der Waals surface area (Å²) in [4.78, 5) is 9.18. The van der Waals surface area contributed by atoms with Gasteiger partial charge in [-0.3, -0.25) is 14.6 Å². The predicted molar refractivity (Wildman–Crippen MR) is 99.9 cm³/mol. The Labute approximate surface area is 155 Å². The van der Waals surface area contributed by atoms with Crippen LogP contribution < -0.4 is 0 Å². The number of piperidine rings is 1. The van der Waals surface area contributed by atoms with Gasteiger partial charge in [-0.25, -0.2) is 0 Å². The number of hydrogen-bond donors (Lipinski definition) is 0. The predicted octanol–water partition coefficient (Wildman–Crippen LogP) is 1.48. The van der Waals surface area contributed by atoms with Crippen LogP contribution in [0, 0.1) is 13.8 Å². The SMILES string of the molecule is Cc1nn(C)c(C)c1-c1cnc(C2CCCN(S(=O)(=O)N(C)C)C2)cn1. The van der Waals surface area contributed by atoms with Crippen molar-refractivity contribution in [3.05, 3.63) is 29.5 Å². The topological polar surface area (TPSA) is 84.2 Å². The minimum absolute atomic E-state index is 0.0658. The summed E-state index contributed by atoms with van der Waals surface area (Å²) in [6.07, 6.45) is 5.28. The molecule has 1 aliphatic heterocycles. The molecule has 9 heteroatoms. The van der Waals surface area contributed by atoms with Gasteiger partial charge in [0.05, 0.1) is 23.3 Å². The standard InChI is InChI=1S/C17H26N6O2S/c1-12-17(13(2)22(5)20-12)16-10-18-15(9-19-16)14-7-6-8-23(11-14)26(24,25)21(3)4/h9-10,14H,6-8,11H2,1-5H3. The first-order chi connectivity index (χ1) is 12.2. The Morgan fingerprint density at radius 2 is 1.92 bits per heavy atom. The summed E-state index contributed by atoms with van der Waals surface area (Å²) in [6.45, 7) is 4.97. The van der Waals surface area contributed by atoms with Crippen molar-refractivity contribution in [2.24, 2.45) is 7.05 Å². The molecular formula is C17H26N6O2S. The van der Waals surface area contributed by atoms with E-state index in [1.807, 2.05) is 25.6 Å². The van der Waals surface area contributed by atoms with Crippen molar-refractivity contribution in [3.8, 4) is 11.3 Å². The fraction of sp³-hybridized carbons (Fsp3) is 0.588. The lowest BCUT2D eigenvalue weighted by Gasteiger charge is -2.33. The fourth-order valence-corrected chi connectivity index (χ4v) is 4.64. The molecule has 0 radical (unpaired) electrons. The van der Waals surface area contributed by atoms with Crippen LogP contribution in [0.1, 0.15) is 35.8 Å². The zero-order valence-electron chi connectivity index (χ0n) is 16.0. The molecule has 0 spiro atoms. The first-order valence-electron chi connectivity index (χ1n) is 8.72. The molecule has 2 aromatic heterocycles. The van der Waals surface area contributed by atoms with Crippen LogP contribution in [0.15, 0.2) is 12.4 Å². The van der Waals surface area contributed by atoms with Gasteiger partial charge in [0.25, 0.3) is 10.2 Å². The fourth-order valence-electron chi connectivity index (χ4n) is 3.45. The summed E-state index contributed by atoms with van der Waals surface area (Å²) < 4.78 is 29.4. The van der Waals surface area contributed by atoms with E-state index in [0.29, 0.717) is 13.1 Å². The molecule has 26 heavy (non-hydrogen) atoms. The highest BCUT2D eigenvalue weighted by molar-refractivity contribution is 7.86. The second-order valence-corrected chi connectivity index (χ2v) is 9.13. The van der Waals surface area contributed by atoms with Gasteiger partial charge in [0.1, 0.15) is 0 Å². The van der Waals surface area contributed by atoms with Crippen molar-refractivity contribution in [1.29, 1.82) is 0 Å². The van der Waals surface area contributed by atoms with Crippen LogP contribution in [0.3, 0.4) is 0 Å². The quantitative estimate of drug-likeness (QED) is 0.805. The van der Waals surface area contributed by atoms with Gasteiger partial charge in [-0.2, -0.15) is 22.1 Å². The molecule has 2 aromatic rings. The lowest BCUT2D eigenvalue weighted by Crippen LogP contribution is -2.45. The average Bonchev–Trinajstić information content (AvgIpc) is 2.87. The molecule has 0 saturated carbocycles. The third-order valence-electron chi connectivity index (χ3n) is 5.03. The Morgan fingerprint density at radius 3 is 2.46 bits per heavy atom. The lowest BCUT2D eigenvalue weighted by atomic mass is 9.96. The first-order valence-corrected chi connectivity index (χ1v) is 10.1. The lowest BCUT2D eigenvalue weighted by molar-refractivity contribution is 0.296. The Morgan fingerprint density at radius 1 is 1.19 bits per heavy atom. The molecule has 142 valence electrons. The van der Waals surface area contributed by atoms with E-state index in [9.17, 15) is 8.42 Å². The van der Waals surface area contributed by atoms with Gasteiger partial charge in [-0.1, -0.05) is 0 Å². The van der Waals surface area contributed by atoms with Crippen molar-refractivity contribution >= 4 is 10.2 Å². The summed E-state index contributed by atoms with van der Waals surface area (Å²) in [5, 5.41) is 4.42. The Bertz CT molecular complexity index is 889. The van der Waals surface area contributed by atoms with Crippen LogP contribution in [0.25, 0.3) is 11.3 Å². The highest BCUT2D eigenvalue weighted by Gasteiger charge is 2.31. The van der Waals surface area contributed by atoms with Gasteiger partial charge in [0.2, 0.25) is 0 Å². The van der Waals surface area contributed by atoms with Crippen molar-refractivity contribution in [3.63, 3.8) is 0 Å². The van der Waals surface area contributed by atoms with E-state index >= 15 is 0 Å². The van der Waals surface area contributed by atoms with Crippen LogP contribution >= 0.6 is 0 Å². The molecule has 1 saturated heterocycles. The molecule has 3 rings (SSSR count). The summed E-state index contributed by atoms with van der Waals surface area (Å²) in [6, 6.07) is 0. The zero-order valence-corrected chi connectivity index (χ0v) is 16.8. The highest BCUT2D eigenvalue weighted by Crippen LogP contribution is 2.29. The second-order valence-electron chi connectivity index (χ2n) is 6.98. The van der Waals surface area contributed by atoms with E-state index in [-0.39, 0.29) is 5.92 Å². The van der Waals surface area contributed by atoms with Crippen molar-refractivity contribution in [2.75, 3.05) is 27.2 Å². The monoisotopic (exact) mass is 378 g/mol. The maximum atomic E-state index is 12.4. The van der Waals surface area contributed by atoms with E-state index < -0.39 is 10.2 Å². The van der Waals surface area contributed by atoms with Crippen LogP contribution in [0.5, 0.6) is 0 Å². The average molecular weight is 379 g/mol. The third kappa shape index (κ3) is 3.38. The van der Waals surface area contributed by atoms with E-state index in [1.54, 1.807) is 26.5 Å². The number of aryl methyl sites for hydroxylation is 2. The maximum absolute atomic E-state index is 12.4. The molecule has 8 nitrogen and oxygen atoms in total. The Balaban J connectivity index is 1.82. The van der Waals surface area contributed by atoms with Crippen LogP contribution in [-0.2, 0) is 17.3 Å². The summed E-state index contributed by atoms with van der Waals surface area (Å²) >= 11 is 0. The molecule has 0 bridgehead atoms. The molecular weight excluding hydrogens is 352 g/mol. The van der Waals surface area contributed by atoms with E-state index in [1.165, 1.54) is 8.61 Å². The molecule has 0 N–H and O–H groups in total. The number of hydrogen-bond acceptors (Lipinski definition) is 5. The largest absolute Gasteiger partial charge is 0.281 e. The summed E-state index contributed by atoms with van der Waals surface area (Å²) in [7, 11) is 1.64. The van der Waals surface area contributed by atoms with Crippen molar-refractivity contribution in [1.82, 2.24) is 28.4 Å². The smallest absolute Gasteiger partial charge is 0.272 e. The van der Waals surface area contributed by atoms with Gasteiger partial charge < -0.3 is 0 Å². The van der Waals surface area contributed by atoms with Gasteiger partial charge in [0, 0.05) is 57.6 Å². The minimum atomic E-state index is -3.39. The molecule has 1 unspecified atom stereocenters. The van der Waals surface area contributed by atoms with Crippen LogP contribution in [0.2, 0.25) is 0 Å². The Hall–Kier alpha value is -1.84.